The molecule has 0 radical (unpaired) electrons. The second kappa shape index (κ2) is 17.2. The number of aromatic carboxylic acids is 1. The molecule has 17 heteroatoms. The standard InChI is InChI=1S/C46H54N6O9S2/c1-26(2)35-25-62-41(49-35)34-22-38(32-16-17-37(60-5)27(3)39(32)48-34)61-31-21-36-40(53)50-46(44(57)51-63(58,59)45(4)18-19-45)23-29(46)13-9-7-6-8-10-15-33(42(54)52(36)24-31)47-30-14-11-12-28(20-30)43(55)56/h9,11-14,16-17,20,22,25-26,29,31,33,36,47H,6-8,10,15,18-19,21,23-24H2,1-5H3,(H,50,53)(H,51,57)(H,55,56)/b13-9-/t29-,31-,33+,36+,46-/m1/s1. The van der Waals surface area contributed by atoms with E-state index in [-0.39, 0.29) is 30.9 Å². The van der Waals surface area contributed by atoms with Crippen LogP contribution < -0.4 is 24.8 Å². The maximum Gasteiger partial charge on any atom is 0.335 e. The van der Waals surface area contributed by atoms with E-state index in [1.807, 2.05) is 42.7 Å². The predicted octanol–water partition coefficient (Wildman–Crippen LogP) is 6.72. The molecule has 2 aromatic carbocycles. The van der Waals surface area contributed by atoms with Gasteiger partial charge in [-0.05, 0) is 88.6 Å². The van der Waals surface area contributed by atoms with Gasteiger partial charge in [-0.1, -0.05) is 44.9 Å². The Hall–Kier alpha value is -5.55. The summed E-state index contributed by atoms with van der Waals surface area (Å²) in [6.07, 6.45) is 7.57. The van der Waals surface area contributed by atoms with Crippen molar-refractivity contribution in [1.29, 1.82) is 0 Å². The van der Waals surface area contributed by atoms with Crippen LogP contribution in [0.1, 0.15) is 106 Å². The number of amides is 3. The number of carbonyl (C=O) groups is 4. The van der Waals surface area contributed by atoms with Crippen LogP contribution in [0.4, 0.5) is 5.69 Å². The van der Waals surface area contributed by atoms with Crippen molar-refractivity contribution in [2.75, 3.05) is 19.0 Å². The van der Waals surface area contributed by atoms with Gasteiger partial charge in [-0.15, -0.1) is 11.3 Å². The first-order valence-electron chi connectivity index (χ1n) is 21.6. The number of thiazole rings is 1. The third-order valence-corrected chi connectivity index (χ3v) is 16.0. The lowest BCUT2D eigenvalue weighted by atomic mass is 10.0. The highest BCUT2D eigenvalue weighted by molar-refractivity contribution is 7.91. The number of ether oxygens (including phenoxy) is 2. The molecule has 3 amide bonds. The molecule has 4 aromatic rings. The van der Waals surface area contributed by atoms with Crippen molar-refractivity contribution in [2.24, 2.45) is 5.92 Å². The summed E-state index contributed by atoms with van der Waals surface area (Å²) in [6, 6.07) is 9.82. The van der Waals surface area contributed by atoms with Gasteiger partial charge in [0.1, 0.15) is 45.9 Å². The molecule has 0 bridgehead atoms. The lowest BCUT2D eigenvalue weighted by Gasteiger charge is -2.30. The number of carboxylic acid groups (broad SMARTS) is 1. The molecular weight excluding hydrogens is 845 g/mol. The van der Waals surface area contributed by atoms with Crippen molar-refractivity contribution in [1.82, 2.24) is 24.9 Å². The second-order valence-corrected chi connectivity index (χ2v) is 20.9. The molecule has 3 fully saturated rings. The number of carbonyl (C=O) groups excluding carboxylic acids is 3. The van der Waals surface area contributed by atoms with Crippen LogP contribution in [-0.4, -0.2) is 94.2 Å². The minimum atomic E-state index is -4.02. The normalized spacial score (nSPS) is 25.2. The molecule has 2 aliphatic carbocycles. The number of anilines is 1. The minimum absolute atomic E-state index is 0.00254. The number of hydrogen-bond donors (Lipinski definition) is 4. The molecule has 4 heterocycles. The third kappa shape index (κ3) is 8.86. The molecule has 0 spiro atoms. The van der Waals surface area contributed by atoms with Crippen molar-refractivity contribution in [3.05, 3.63) is 76.8 Å². The van der Waals surface area contributed by atoms with Gasteiger partial charge in [0.25, 0.3) is 5.91 Å². The number of carboxylic acids is 1. The highest BCUT2D eigenvalue weighted by atomic mass is 32.2. The number of pyridine rings is 1. The molecule has 4 N–H and O–H groups in total. The van der Waals surface area contributed by atoms with Gasteiger partial charge in [-0.25, -0.2) is 23.2 Å². The van der Waals surface area contributed by atoms with Crippen LogP contribution >= 0.6 is 11.3 Å². The number of aromatic nitrogens is 2. The first-order valence-corrected chi connectivity index (χ1v) is 24.0. The average molecular weight is 899 g/mol. The van der Waals surface area contributed by atoms with Gasteiger partial charge in [0.05, 0.1) is 35.2 Å². The van der Waals surface area contributed by atoms with Gasteiger partial charge >= 0.3 is 5.97 Å². The summed E-state index contributed by atoms with van der Waals surface area (Å²) >= 11 is 1.48. The van der Waals surface area contributed by atoms with Crippen LogP contribution in [-0.2, 0) is 24.4 Å². The Kier molecular flexibility index (Phi) is 12.0. The molecular formula is C46H54N6O9S2. The monoisotopic (exact) mass is 898 g/mol. The Balaban J connectivity index is 1.16. The lowest BCUT2D eigenvalue weighted by molar-refractivity contribution is -0.140. The summed E-state index contributed by atoms with van der Waals surface area (Å²) in [5, 5.41) is 19.4. The van der Waals surface area contributed by atoms with Gasteiger partial charge in [-0.2, -0.15) is 0 Å². The van der Waals surface area contributed by atoms with E-state index in [2.05, 4.69) is 29.2 Å². The van der Waals surface area contributed by atoms with E-state index in [0.717, 1.165) is 24.1 Å². The van der Waals surface area contributed by atoms with Crippen LogP contribution in [0.15, 0.2) is 60.0 Å². The van der Waals surface area contributed by atoms with Gasteiger partial charge in [0.15, 0.2) is 0 Å². The number of rotatable bonds is 11. The number of hydrogen-bond acceptors (Lipinski definition) is 12. The van der Waals surface area contributed by atoms with Crippen LogP contribution in [0.25, 0.3) is 21.6 Å². The summed E-state index contributed by atoms with van der Waals surface area (Å²) in [4.78, 5) is 67.0. The fourth-order valence-electron chi connectivity index (χ4n) is 8.55. The van der Waals surface area contributed by atoms with Gasteiger partial charge < -0.3 is 30.1 Å². The number of nitrogens with one attached hydrogen (secondary N) is 3. The van der Waals surface area contributed by atoms with Gasteiger partial charge in [0.2, 0.25) is 21.8 Å². The molecule has 334 valence electrons. The first-order chi connectivity index (χ1) is 30.0. The van der Waals surface area contributed by atoms with E-state index in [4.69, 9.17) is 19.4 Å². The van der Waals surface area contributed by atoms with Crippen LogP contribution in [0.5, 0.6) is 11.5 Å². The summed E-state index contributed by atoms with van der Waals surface area (Å²) in [5.41, 5.74) is 1.93. The number of fused-ring (bicyclic) bond motifs is 3. The van der Waals surface area contributed by atoms with E-state index < -0.39 is 68.1 Å². The second-order valence-electron chi connectivity index (χ2n) is 17.8. The third-order valence-electron chi connectivity index (χ3n) is 12.9. The number of methoxy groups -OCH3 is 1. The minimum Gasteiger partial charge on any atom is -0.496 e. The zero-order valence-corrected chi connectivity index (χ0v) is 37.7. The summed E-state index contributed by atoms with van der Waals surface area (Å²) < 4.78 is 40.4. The Morgan fingerprint density at radius 1 is 1.06 bits per heavy atom. The molecule has 2 aliphatic heterocycles. The van der Waals surface area contributed by atoms with Gasteiger partial charge in [-0.3, -0.25) is 19.1 Å². The molecule has 2 aromatic heterocycles. The molecule has 15 nitrogen and oxygen atoms in total. The molecule has 5 atom stereocenters. The molecule has 2 saturated carbocycles. The summed E-state index contributed by atoms with van der Waals surface area (Å²) in [6.45, 7) is 7.66. The Morgan fingerprint density at radius 2 is 1.86 bits per heavy atom. The molecule has 63 heavy (non-hydrogen) atoms. The quantitative estimate of drug-likeness (QED) is 0.116. The average Bonchev–Trinajstić information content (AvgIpc) is 4.02. The maximum absolute atomic E-state index is 15.0. The van der Waals surface area contributed by atoms with E-state index >= 15 is 0 Å². The van der Waals surface area contributed by atoms with Crippen LogP contribution in [0, 0.1) is 12.8 Å². The Labute approximate surface area is 371 Å². The number of nitrogens with zero attached hydrogens (tertiary/aromatic N) is 3. The van der Waals surface area contributed by atoms with E-state index in [1.54, 1.807) is 26.2 Å². The van der Waals surface area contributed by atoms with Crippen LogP contribution in [0.3, 0.4) is 0 Å². The van der Waals surface area contributed by atoms with Crippen molar-refractivity contribution >= 4 is 61.6 Å². The number of allylic oxidation sites excluding steroid dienone is 1. The van der Waals surface area contributed by atoms with Crippen molar-refractivity contribution in [3.8, 4) is 22.2 Å². The fraction of sp³-hybridized carbons (Fsp3) is 0.478. The van der Waals surface area contributed by atoms with Crippen molar-refractivity contribution < 1.29 is 42.2 Å². The topological polar surface area (TPSA) is 206 Å². The summed E-state index contributed by atoms with van der Waals surface area (Å²) in [7, 11) is -2.42. The first kappa shape index (κ1) is 44.1. The predicted molar refractivity (Wildman–Crippen MR) is 239 cm³/mol. The highest BCUT2D eigenvalue weighted by Gasteiger charge is 2.63. The zero-order valence-electron chi connectivity index (χ0n) is 36.1. The Morgan fingerprint density at radius 3 is 2.57 bits per heavy atom. The van der Waals surface area contributed by atoms with E-state index in [1.165, 1.54) is 28.4 Å². The van der Waals surface area contributed by atoms with Gasteiger partial charge in [0, 0.05) is 40.4 Å². The number of aryl methyl sites for hydroxylation is 1. The SMILES string of the molecule is COc1ccc2c(O[C@@H]3C[C@H]4C(=O)N[C@]5(C(=O)NS(=O)(=O)C6(C)CC6)C[C@H]5/C=C\CCCCC[C@H](Nc5cccc(C(=O)O)c5)C(=O)N4C3)cc(-c3nc(C(C)C)cs3)nc2c1C. The number of benzene rings is 2. The van der Waals surface area contributed by atoms with Crippen LogP contribution in [0.2, 0.25) is 0 Å². The molecule has 8 rings (SSSR count). The fourth-order valence-corrected chi connectivity index (χ4v) is 10.8. The van der Waals surface area contributed by atoms with Crippen molar-refractivity contribution in [3.63, 3.8) is 0 Å². The molecule has 1 saturated heterocycles. The molecule has 0 unspecified atom stereocenters. The summed E-state index contributed by atoms with van der Waals surface area (Å²) in [5.74, 6) is -2.03. The largest absolute Gasteiger partial charge is 0.496 e. The lowest BCUT2D eigenvalue weighted by Crippen LogP contribution is -2.58. The van der Waals surface area contributed by atoms with E-state index in [9.17, 15) is 32.7 Å². The zero-order chi connectivity index (χ0) is 44.8. The number of sulfonamides is 1. The maximum atomic E-state index is 15.0. The van der Waals surface area contributed by atoms with E-state index in [0.29, 0.717) is 70.9 Å². The Bertz CT molecular complexity index is 2610. The highest BCUT2D eigenvalue weighted by Crippen LogP contribution is 2.48. The van der Waals surface area contributed by atoms with Crippen molar-refractivity contribution in [2.45, 2.75) is 120 Å². The molecule has 4 aliphatic rings. The smallest absolute Gasteiger partial charge is 0.335 e.